The van der Waals surface area contributed by atoms with Gasteiger partial charge in [0.1, 0.15) is 5.75 Å². The molecular weight excluding hydrogens is 448 g/mol. The fourth-order valence-corrected chi connectivity index (χ4v) is 3.06. The van der Waals surface area contributed by atoms with Crippen molar-refractivity contribution >= 4 is 56.5 Å². The quantitative estimate of drug-likeness (QED) is 0.512. The molecule has 0 bridgehead atoms. The Kier molecular flexibility index (Phi) is 8.07. The van der Waals surface area contributed by atoms with E-state index in [1.165, 1.54) is 0 Å². The van der Waals surface area contributed by atoms with Gasteiger partial charge < -0.3 is 10.1 Å². The van der Waals surface area contributed by atoms with E-state index in [1.807, 2.05) is 19.1 Å². The summed E-state index contributed by atoms with van der Waals surface area (Å²) in [6.07, 6.45) is 0.970. The van der Waals surface area contributed by atoms with Crippen LogP contribution in [0.25, 0.3) is 0 Å². The van der Waals surface area contributed by atoms with E-state index in [4.69, 9.17) is 28.6 Å². The monoisotopic (exact) mass is 468 g/mol. The van der Waals surface area contributed by atoms with Crippen molar-refractivity contribution < 1.29 is 9.53 Å². The second-order valence-electron chi connectivity index (χ2n) is 6.55. The number of aryl methyl sites for hydroxylation is 1. The maximum Gasteiger partial charge on any atom is 0.257 e. The second-order valence-corrected chi connectivity index (χ2v) is 8.22. The first-order valence-electron chi connectivity index (χ1n) is 8.57. The summed E-state index contributed by atoms with van der Waals surface area (Å²) < 4.78 is 6.46. The van der Waals surface area contributed by atoms with Gasteiger partial charge in [-0.1, -0.05) is 31.5 Å². The first kappa shape index (κ1) is 21.7. The van der Waals surface area contributed by atoms with Crippen molar-refractivity contribution in [2.45, 2.75) is 27.2 Å². The summed E-state index contributed by atoms with van der Waals surface area (Å²) in [5.41, 5.74) is 2.16. The number of nitrogens with one attached hydrogen (secondary N) is 2. The molecule has 0 aromatic heterocycles. The molecule has 0 radical (unpaired) electrons. The zero-order chi connectivity index (χ0) is 20.0. The lowest BCUT2D eigenvalue weighted by Crippen LogP contribution is -2.34. The maximum atomic E-state index is 12.4. The van der Waals surface area contributed by atoms with E-state index in [1.54, 1.807) is 24.3 Å². The molecule has 0 saturated carbocycles. The molecule has 27 heavy (non-hydrogen) atoms. The van der Waals surface area contributed by atoms with Gasteiger partial charge in [-0.05, 0) is 83.3 Å². The third-order valence-electron chi connectivity index (χ3n) is 3.80. The third-order valence-corrected chi connectivity index (χ3v) is 5.03. The third kappa shape index (κ3) is 6.79. The Bertz CT molecular complexity index is 843. The lowest BCUT2D eigenvalue weighted by Gasteiger charge is -2.12. The van der Waals surface area contributed by atoms with Gasteiger partial charge in [0.15, 0.2) is 5.11 Å². The normalized spacial score (nSPS) is 10.6. The molecule has 0 aliphatic heterocycles. The highest BCUT2D eigenvalue weighted by Crippen LogP contribution is 2.26. The summed E-state index contributed by atoms with van der Waals surface area (Å²) in [5.74, 6) is 0.980. The molecule has 0 unspecified atom stereocenters. The largest absolute Gasteiger partial charge is 0.492 e. The molecule has 2 aromatic carbocycles. The number of hydrogen-bond donors (Lipinski definition) is 2. The van der Waals surface area contributed by atoms with Crippen LogP contribution < -0.4 is 15.4 Å². The lowest BCUT2D eigenvalue weighted by atomic mass is 10.1. The van der Waals surface area contributed by atoms with E-state index in [0.717, 1.165) is 16.5 Å². The summed E-state index contributed by atoms with van der Waals surface area (Å²) in [7, 11) is 0. The van der Waals surface area contributed by atoms with Gasteiger partial charge in [-0.15, -0.1) is 0 Å². The van der Waals surface area contributed by atoms with Gasteiger partial charge >= 0.3 is 0 Å². The summed E-state index contributed by atoms with van der Waals surface area (Å²) in [5, 5.41) is 6.45. The fraction of sp³-hybridized carbons (Fsp3) is 0.300. The fourth-order valence-electron chi connectivity index (χ4n) is 2.17. The Morgan fingerprint density at radius 3 is 2.63 bits per heavy atom. The van der Waals surface area contributed by atoms with Crippen molar-refractivity contribution in [3.8, 4) is 5.75 Å². The lowest BCUT2D eigenvalue weighted by molar-refractivity contribution is 0.0977. The molecule has 0 heterocycles. The number of halogens is 2. The van der Waals surface area contributed by atoms with Gasteiger partial charge in [0, 0.05) is 16.3 Å². The number of thiocarbonyl (C=S) groups is 1. The number of amides is 1. The Morgan fingerprint density at radius 1 is 1.26 bits per heavy atom. The van der Waals surface area contributed by atoms with Crippen LogP contribution in [0.2, 0.25) is 5.02 Å². The molecular formula is C20H22BrClN2O2S. The van der Waals surface area contributed by atoms with Crippen LogP contribution >= 0.6 is 39.7 Å². The van der Waals surface area contributed by atoms with E-state index in [2.05, 4.69) is 40.4 Å². The number of anilines is 1. The molecule has 144 valence electrons. The van der Waals surface area contributed by atoms with Crippen molar-refractivity contribution in [1.29, 1.82) is 0 Å². The molecule has 0 spiro atoms. The van der Waals surface area contributed by atoms with Gasteiger partial charge in [0.2, 0.25) is 0 Å². The van der Waals surface area contributed by atoms with Crippen LogP contribution in [0.1, 0.15) is 36.2 Å². The van der Waals surface area contributed by atoms with Crippen molar-refractivity contribution in [2.75, 3.05) is 11.9 Å². The standard InChI is InChI=1S/C20H22BrClN2O2S/c1-12(2)8-9-26-18-7-5-14(10-16(18)21)19(25)24-20(27)23-15-6-4-13(3)17(22)11-15/h4-7,10-12H,8-9H2,1-3H3,(H2,23,24,25,27). The molecule has 0 fully saturated rings. The zero-order valence-electron chi connectivity index (χ0n) is 15.4. The summed E-state index contributed by atoms with van der Waals surface area (Å²) in [6.45, 7) is 6.84. The van der Waals surface area contributed by atoms with Crippen molar-refractivity contribution in [3.63, 3.8) is 0 Å². The molecule has 0 aliphatic carbocycles. The van der Waals surface area contributed by atoms with Gasteiger partial charge in [-0.3, -0.25) is 10.1 Å². The number of ether oxygens (including phenoxy) is 1. The van der Waals surface area contributed by atoms with Crippen LogP contribution in [0.15, 0.2) is 40.9 Å². The highest BCUT2D eigenvalue weighted by molar-refractivity contribution is 9.10. The van der Waals surface area contributed by atoms with E-state index in [0.29, 0.717) is 34.5 Å². The smallest absolute Gasteiger partial charge is 0.257 e. The van der Waals surface area contributed by atoms with Crippen molar-refractivity contribution in [3.05, 3.63) is 57.0 Å². The average molecular weight is 470 g/mol. The summed E-state index contributed by atoms with van der Waals surface area (Å²) in [6, 6.07) is 10.7. The average Bonchev–Trinajstić information content (AvgIpc) is 2.59. The Balaban J connectivity index is 1.95. The molecule has 2 N–H and O–H groups in total. The van der Waals surface area contributed by atoms with Gasteiger partial charge in [0.25, 0.3) is 5.91 Å². The highest BCUT2D eigenvalue weighted by Gasteiger charge is 2.11. The van der Waals surface area contributed by atoms with Crippen LogP contribution in [-0.4, -0.2) is 17.6 Å². The molecule has 7 heteroatoms. The van der Waals surface area contributed by atoms with E-state index < -0.39 is 0 Å². The molecule has 2 aromatic rings. The van der Waals surface area contributed by atoms with E-state index in [9.17, 15) is 4.79 Å². The van der Waals surface area contributed by atoms with Crippen LogP contribution in [0.5, 0.6) is 5.75 Å². The van der Waals surface area contributed by atoms with Crippen LogP contribution in [0.4, 0.5) is 5.69 Å². The molecule has 0 aliphatic rings. The van der Waals surface area contributed by atoms with Crippen LogP contribution in [0.3, 0.4) is 0 Å². The van der Waals surface area contributed by atoms with Crippen LogP contribution in [0, 0.1) is 12.8 Å². The van der Waals surface area contributed by atoms with E-state index >= 15 is 0 Å². The predicted molar refractivity (Wildman–Crippen MR) is 119 cm³/mol. The summed E-state index contributed by atoms with van der Waals surface area (Å²) >= 11 is 14.8. The molecule has 0 saturated heterocycles. The number of carbonyl (C=O) groups is 1. The Labute approximate surface area is 178 Å². The second kappa shape index (κ2) is 10.1. The number of rotatable bonds is 6. The molecule has 2 rings (SSSR count). The van der Waals surface area contributed by atoms with Gasteiger partial charge in [0.05, 0.1) is 11.1 Å². The highest BCUT2D eigenvalue weighted by atomic mass is 79.9. The first-order chi connectivity index (χ1) is 12.8. The van der Waals surface area contributed by atoms with Gasteiger partial charge in [-0.2, -0.15) is 0 Å². The molecule has 1 amide bonds. The predicted octanol–water partition coefficient (Wildman–Crippen LogP) is 5.96. The number of benzene rings is 2. The SMILES string of the molecule is Cc1ccc(NC(=S)NC(=O)c2ccc(OCCC(C)C)c(Br)c2)cc1Cl. The first-order valence-corrected chi connectivity index (χ1v) is 10.1. The van der Waals surface area contributed by atoms with E-state index in [-0.39, 0.29) is 11.0 Å². The van der Waals surface area contributed by atoms with Crippen molar-refractivity contribution in [1.82, 2.24) is 5.32 Å². The minimum atomic E-state index is -0.305. The van der Waals surface area contributed by atoms with Gasteiger partial charge in [-0.25, -0.2) is 0 Å². The topological polar surface area (TPSA) is 50.4 Å². The van der Waals surface area contributed by atoms with Crippen LogP contribution in [-0.2, 0) is 0 Å². The Hall–Kier alpha value is -1.63. The van der Waals surface area contributed by atoms with Crippen molar-refractivity contribution in [2.24, 2.45) is 5.92 Å². The molecule has 0 atom stereocenters. The Morgan fingerprint density at radius 2 is 2.00 bits per heavy atom. The number of carbonyl (C=O) groups excluding carboxylic acids is 1. The minimum Gasteiger partial charge on any atom is -0.492 e. The molecule has 4 nitrogen and oxygen atoms in total. The zero-order valence-corrected chi connectivity index (χ0v) is 18.6. The maximum absolute atomic E-state index is 12.4. The summed E-state index contributed by atoms with van der Waals surface area (Å²) in [4.78, 5) is 12.4. The minimum absolute atomic E-state index is 0.202. The number of hydrogen-bond acceptors (Lipinski definition) is 3.